The fourth-order valence-electron chi connectivity index (χ4n) is 3.86. The minimum Gasteiger partial charge on any atom is -0.465 e. The monoisotopic (exact) mass is 381 g/mol. The van der Waals surface area contributed by atoms with Gasteiger partial charge in [-0.3, -0.25) is 0 Å². The second-order valence-corrected chi connectivity index (χ2v) is 6.98. The lowest BCUT2D eigenvalue weighted by Crippen LogP contribution is -2.07. The smallest absolute Gasteiger partial charge is 0.340 e. The second kappa shape index (κ2) is 8.19. The molecule has 3 nitrogen and oxygen atoms in total. The van der Waals surface area contributed by atoms with E-state index in [-0.39, 0.29) is 5.97 Å². The molecule has 0 spiro atoms. The summed E-state index contributed by atoms with van der Waals surface area (Å²) in [7, 11) is 1.44. The maximum atomic E-state index is 13.0. The van der Waals surface area contributed by atoms with Crippen molar-refractivity contribution in [3.05, 3.63) is 108 Å². The van der Waals surface area contributed by atoms with Crippen molar-refractivity contribution in [3.63, 3.8) is 0 Å². The lowest BCUT2D eigenvalue weighted by Gasteiger charge is -2.13. The number of benzene rings is 3. The van der Waals surface area contributed by atoms with Crippen LogP contribution < -0.4 is 0 Å². The molecule has 0 saturated carbocycles. The molecule has 0 saturated heterocycles. The Bertz CT molecular complexity index is 1110. The topological polar surface area (TPSA) is 31.2 Å². The van der Waals surface area contributed by atoms with Crippen molar-refractivity contribution in [2.75, 3.05) is 7.11 Å². The molecular formula is C26H23NO2. The number of methoxy groups -OCH3 is 1. The fourth-order valence-corrected chi connectivity index (χ4v) is 3.86. The fraction of sp³-hybridized carbons (Fsp3) is 0.115. The molecular weight excluding hydrogens is 358 g/mol. The van der Waals surface area contributed by atoms with Gasteiger partial charge in [-0.25, -0.2) is 4.79 Å². The number of carbonyl (C=O) groups is 1. The van der Waals surface area contributed by atoms with Crippen LogP contribution in [0.1, 0.15) is 21.6 Å². The number of rotatable bonds is 5. The van der Waals surface area contributed by atoms with E-state index in [0.29, 0.717) is 12.1 Å². The van der Waals surface area contributed by atoms with Crippen molar-refractivity contribution >= 4 is 5.97 Å². The predicted octanol–water partition coefficient (Wildman–Crippen LogP) is 5.97. The minimum atomic E-state index is -0.322. The first kappa shape index (κ1) is 18.8. The number of esters is 1. The second-order valence-electron chi connectivity index (χ2n) is 6.98. The third-order valence-corrected chi connectivity index (χ3v) is 5.21. The van der Waals surface area contributed by atoms with Gasteiger partial charge in [0.1, 0.15) is 0 Å². The summed E-state index contributed by atoms with van der Waals surface area (Å²) in [5, 5.41) is 0. The molecule has 0 aliphatic carbocycles. The Kier molecular flexibility index (Phi) is 5.30. The Morgan fingerprint density at radius 2 is 1.31 bits per heavy atom. The van der Waals surface area contributed by atoms with Crippen molar-refractivity contribution in [1.82, 2.24) is 4.57 Å². The van der Waals surface area contributed by atoms with Crippen LogP contribution in [0.2, 0.25) is 0 Å². The summed E-state index contributed by atoms with van der Waals surface area (Å²) >= 11 is 0. The van der Waals surface area contributed by atoms with Crippen LogP contribution in [0.4, 0.5) is 0 Å². The molecule has 3 aromatic carbocycles. The van der Waals surface area contributed by atoms with Gasteiger partial charge in [0.25, 0.3) is 0 Å². The van der Waals surface area contributed by atoms with Gasteiger partial charge >= 0.3 is 5.97 Å². The standard InChI is InChI=1S/C26H23NO2/c1-19-23(21-14-8-4-9-15-21)24(26(28)29-2)25(22-16-10-5-11-17-22)27(19)18-20-12-6-3-7-13-20/h3-17H,18H2,1-2H3. The van der Waals surface area contributed by atoms with E-state index in [1.54, 1.807) is 0 Å². The lowest BCUT2D eigenvalue weighted by atomic mass is 9.98. The van der Waals surface area contributed by atoms with E-state index in [9.17, 15) is 4.79 Å². The molecule has 0 amide bonds. The zero-order chi connectivity index (χ0) is 20.2. The Hall–Kier alpha value is -3.59. The van der Waals surface area contributed by atoms with Crippen LogP contribution >= 0.6 is 0 Å². The van der Waals surface area contributed by atoms with Gasteiger partial charge < -0.3 is 9.30 Å². The predicted molar refractivity (Wildman–Crippen MR) is 117 cm³/mol. The number of hydrogen-bond acceptors (Lipinski definition) is 2. The molecule has 29 heavy (non-hydrogen) atoms. The Morgan fingerprint density at radius 3 is 1.86 bits per heavy atom. The normalized spacial score (nSPS) is 10.7. The summed E-state index contributed by atoms with van der Waals surface area (Å²) in [4.78, 5) is 13.0. The third kappa shape index (κ3) is 3.59. The Morgan fingerprint density at radius 1 is 0.793 bits per heavy atom. The van der Waals surface area contributed by atoms with E-state index >= 15 is 0 Å². The Balaban J connectivity index is 2.03. The van der Waals surface area contributed by atoms with Crippen molar-refractivity contribution < 1.29 is 9.53 Å². The molecule has 0 atom stereocenters. The van der Waals surface area contributed by atoms with E-state index in [1.807, 2.05) is 78.9 Å². The molecule has 4 rings (SSSR count). The van der Waals surface area contributed by atoms with Crippen LogP contribution in [0, 0.1) is 6.92 Å². The van der Waals surface area contributed by atoms with Crippen LogP contribution in [-0.2, 0) is 11.3 Å². The molecule has 144 valence electrons. The number of hydrogen-bond donors (Lipinski definition) is 0. The van der Waals surface area contributed by atoms with Crippen molar-refractivity contribution in [2.24, 2.45) is 0 Å². The van der Waals surface area contributed by atoms with Crippen molar-refractivity contribution in [3.8, 4) is 22.4 Å². The maximum absolute atomic E-state index is 13.0. The molecule has 0 fully saturated rings. The summed E-state index contributed by atoms with van der Waals surface area (Å²) < 4.78 is 7.45. The van der Waals surface area contributed by atoms with Crippen molar-refractivity contribution in [2.45, 2.75) is 13.5 Å². The molecule has 4 aromatic rings. The van der Waals surface area contributed by atoms with Gasteiger partial charge in [-0.05, 0) is 23.6 Å². The van der Waals surface area contributed by atoms with Crippen LogP contribution in [0.5, 0.6) is 0 Å². The first-order valence-corrected chi connectivity index (χ1v) is 9.67. The van der Waals surface area contributed by atoms with Gasteiger partial charge in [-0.1, -0.05) is 91.0 Å². The van der Waals surface area contributed by atoms with Gasteiger partial charge in [0.15, 0.2) is 0 Å². The van der Waals surface area contributed by atoms with Crippen LogP contribution in [0.15, 0.2) is 91.0 Å². The molecule has 0 unspecified atom stereocenters. The molecule has 1 aromatic heterocycles. The van der Waals surface area contributed by atoms with Crippen molar-refractivity contribution in [1.29, 1.82) is 0 Å². The number of ether oxygens (including phenoxy) is 1. The zero-order valence-electron chi connectivity index (χ0n) is 16.6. The molecule has 0 bridgehead atoms. The van der Waals surface area contributed by atoms with E-state index in [4.69, 9.17) is 4.74 Å². The molecule has 0 aliphatic heterocycles. The van der Waals surface area contributed by atoms with Gasteiger partial charge in [-0.2, -0.15) is 0 Å². The molecule has 0 aliphatic rings. The quantitative estimate of drug-likeness (QED) is 0.399. The zero-order valence-corrected chi connectivity index (χ0v) is 16.6. The Labute approximate surface area is 171 Å². The van der Waals surface area contributed by atoms with Crippen LogP contribution in [-0.4, -0.2) is 17.6 Å². The third-order valence-electron chi connectivity index (χ3n) is 5.21. The number of nitrogens with zero attached hydrogens (tertiary/aromatic N) is 1. The first-order valence-electron chi connectivity index (χ1n) is 9.67. The summed E-state index contributed by atoms with van der Waals surface area (Å²) in [6, 6.07) is 30.4. The van der Waals surface area contributed by atoms with E-state index < -0.39 is 0 Å². The largest absolute Gasteiger partial charge is 0.465 e. The van der Waals surface area contributed by atoms with E-state index in [1.165, 1.54) is 12.7 Å². The lowest BCUT2D eigenvalue weighted by molar-refractivity contribution is 0.0602. The van der Waals surface area contributed by atoms with Gasteiger partial charge in [0.2, 0.25) is 0 Å². The maximum Gasteiger partial charge on any atom is 0.340 e. The van der Waals surface area contributed by atoms with Crippen LogP contribution in [0.25, 0.3) is 22.4 Å². The highest BCUT2D eigenvalue weighted by atomic mass is 16.5. The van der Waals surface area contributed by atoms with E-state index in [2.05, 4.69) is 23.6 Å². The van der Waals surface area contributed by atoms with Gasteiger partial charge in [0, 0.05) is 17.8 Å². The van der Waals surface area contributed by atoms with E-state index in [0.717, 1.165) is 28.1 Å². The summed E-state index contributed by atoms with van der Waals surface area (Å²) in [6.07, 6.45) is 0. The molecule has 1 heterocycles. The number of carbonyl (C=O) groups excluding carboxylic acids is 1. The highest BCUT2D eigenvalue weighted by Gasteiger charge is 2.27. The first-order chi connectivity index (χ1) is 14.2. The molecule has 3 heteroatoms. The number of aromatic nitrogens is 1. The average molecular weight is 381 g/mol. The highest BCUT2D eigenvalue weighted by molar-refractivity contribution is 6.04. The molecule has 0 N–H and O–H groups in total. The van der Waals surface area contributed by atoms with Gasteiger partial charge in [-0.15, -0.1) is 0 Å². The SMILES string of the molecule is COC(=O)c1c(-c2ccccc2)c(C)n(Cc2ccccc2)c1-c1ccccc1. The summed E-state index contributed by atoms with van der Waals surface area (Å²) in [5.74, 6) is -0.322. The average Bonchev–Trinajstić information content (AvgIpc) is 3.07. The highest BCUT2D eigenvalue weighted by Crippen LogP contribution is 2.39. The van der Waals surface area contributed by atoms with Gasteiger partial charge in [0.05, 0.1) is 18.4 Å². The molecule has 0 radical (unpaired) electrons. The minimum absolute atomic E-state index is 0.322. The van der Waals surface area contributed by atoms with Crippen LogP contribution in [0.3, 0.4) is 0 Å². The summed E-state index contributed by atoms with van der Waals surface area (Å²) in [5.41, 5.74) is 6.64. The summed E-state index contributed by atoms with van der Waals surface area (Å²) in [6.45, 7) is 2.75.